The molecule has 0 bridgehead atoms. The predicted octanol–water partition coefficient (Wildman–Crippen LogP) is 4.11. The third-order valence-corrected chi connectivity index (χ3v) is 4.33. The van der Waals surface area contributed by atoms with Crippen molar-refractivity contribution in [1.29, 1.82) is 0 Å². The van der Waals surface area contributed by atoms with Gasteiger partial charge in [0.15, 0.2) is 5.13 Å². The largest absolute Gasteiger partial charge is 0.357 e. The second-order valence-electron chi connectivity index (χ2n) is 5.50. The van der Waals surface area contributed by atoms with Gasteiger partial charge in [-0.1, -0.05) is 29.5 Å². The number of thiazole rings is 1. The van der Waals surface area contributed by atoms with Crippen LogP contribution in [0.25, 0.3) is 10.2 Å². The molecule has 2 aromatic carbocycles. The Kier molecular flexibility index (Phi) is 4.36. The Morgan fingerprint density at radius 1 is 1.18 bits per heavy atom. The van der Waals surface area contributed by atoms with Crippen LogP contribution in [-0.4, -0.2) is 24.0 Å². The van der Waals surface area contributed by atoms with Crippen molar-refractivity contribution >= 4 is 26.7 Å². The summed E-state index contributed by atoms with van der Waals surface area (Å²) in [6.45, 7) is 1.24. The predicted molar refractivity (Wildman–Crippen MR) is 90.7 cm³/mol. The van der Waals surface area contributed by atoms with Crippen LogP contribution in [0.1, 0.15) is 11.1 Å². The second kappa shape index (κ2) is 6.42. The molecular weight excluding hydrogens is 297 g/mol. The van der Waals surface area contributed by atoms with E-state index >= 15 is 0 Å². The Hall–Kier alpha value is -1.98. The summed E-state index contributed by atoms with van der Waals surface area (Å²) in [5, 5.41) is 4.21. The summed E-state index contributed by atoms with van der Waals surface area (Å²) in [5.74, 6) is -0.155. The first-order valence-corrected chi connectivity index (χ1v) is 7.95. The van der Waals surface area contributed by atoms with Crippen molar-refractivity contribution in [3.05, 3.63) is 59.4 Å². The van der Waals surface area contributed by atoms with Crippen molar-refractivity contribution in [2.75, 3.05) is 19.4 Å². The fraction of sp³-hybridized carbons (Fsp3) is 0.235. The van der Waals surface area contributed by atoms with Gasteiger partial charge in [-0.05, 0) is 43.9 Å². The average molecular weight is 315 g/mol. The number of nitrogens with zero attached hydrogens (tertiary/aromatic N) is 2. The monoisotopic (exact) mass is 315 g/mol. The summed E-state index contributed by atoms with van der Waals surface area (Å²) in [7, 11) is 3.87. The van der Waals surface area contributed by atoms with E-state index in [4.69, 9.17) is 0 Å². The van der Waals surface area contributed by atoms with Gasteiger partial charge < -0.3 is 10.2 Å². The molecule has 0 aliphatic rings. The minimum Gasteiger partial charge on any atom is -0.357 e. The smallest absolute Gasteiger partial charge is 0.184 e. The zero-order chi connectivity index (χ0) is 15.5. The maximum absolute atomic E-state index is 13.8. The van der Waals surface area contributed by atoms with Gasteiger partial charge in [0.25, 0.3) is 0 Å². The molecule has 0 saturated carbocycles. The lowest BCUT2D eigenvalue weighted by molar-refractivity contribution is 0.392. The number of halogens is 1. The average Bonchev–Trinajstić information content (AvgIpc) is 2.90. The maximum atomic E-state index is 13.8. The van der Waals surface area contributed by atoms with Crippen LogP contribution in [0.5, 0.6) is 0 Å². The number of para-hydroxylation sites is 1. The van der Waals surface area contributed by atoms with E-state index < -0.39 is 0 Å². The molecule has 0 amide bonds. The summed E-state index contributed by atoms with van der Waals surface area (Å²) < 4.78 is 14.9. The number of rotatable bonds is 5. The number of anilines is 1. The van der Waals surface area contributed by atoms with E-state index in [1.807, 2.05) is 49.3 Å². The highest BCUT2D eigenvalue weighted by molar-refractivity contribution is 7.22. The molecule has 1 N–H and O–H groups in total. The Balaban J connectivity index is 1.73. The molecule has 3 rings (SSSR count). The van der Waals surface area contributed by atoms with Crippen LogP contribution in [0.15, 0.2) is 42.5 Å². The number of aromatic nitrogens is 1. The molecule has 0 aliphatic heterocycles. The van der Waals surface area contributed by atoms with Gasteiger partial charge in [-0.15, -0.1) is 0 Å². The van der Waals surface area contributed by atoms with Gasteiger partial charge in [-0.25, -0.2) is 9.37 Å². The van der Waals surface area contributed by atoms with E-state index in [-0.39, 0.29) is 5.82 Å². The Morgan fingerprint density at radius 3 is 2.77 bits per heavy atom. The molecule has 114 valence electrons. The fourth-order valence-corrected chi connectivity index (χ4v) is 3.19. The van der Waals surface area contributed by atoms with Crippen LogP contribution in [-0.2, 0) is 13.1 Å². The standard InChI is InChI=1S/C17H18FN3S/c1-21(2)11-13-9-12(7-8-14(13)18)10-19-17-20-15-5-3-4-6-16(15)22-17/h3-9H,10-11H2,1-2H3,(H,19,20). The summed E-state index contributed by atoms with van der Waals surface area (Å²) in [6.07, 6.45) is 0. The zero-order valence-corrected chi connectivity index (χ0v) is 13.5. The van der Waals surface area contributed by atoms with Crippen molar-refractivity contribution < 1.29 is 4.39 Å². The number of hydrogen-bond donors (Lipinski definition) is 1. The molecule has 0 radical (unpaired) electrons. The zero-order valence-electron chi connectivity index (χ0n) is 12.6. The van der Waals surface area contributed by atoms with Gasteiger partial charge in [-0.3, -0.25) is 0 Å². The molecule has 0 spiro atoms. The minimum atomic E-state index is -0.155. The van der Waals surface area contributed by atoms with Gasteiger partial charge in [0.1, 0.15) is 5.82 Å². The van der Waals surface area contributed by atoms with Crippen LogP contribution in [0, 0.1) is 5.82 Å². The van der Waals surface area contributed by atoms with Gasteiger partial charge >= 0.3 is 0 Å². The lowest BCUT2D eigenvalue weighted by atomic mass is 10.1. The van der Waals surface area contributed by atoms with E-state index in [9.17, 15) is 4.39 Å². The van der Waals surface area contributed by atoms with Gasteiger partial charge in [0.2, 0.25) is 0 Å². The Bertz CT molecular complexity index is 749. The molecule has 5 heteroatoms. The summed E-state index contributed by atoms with van der Waals surface area (Å²) >= 11 is 1.63. The quantitative estimate of drug-likeness (QED) is 0.768. The van der Waals surface area contributed by atoms with Crippen LogP contribution in [0.3, 0.4) is 0 Å². The maximum Gasteiger partial charge on any atom is 0.184 e. The van der Waals surface area contributed by atoms with Crippen LogP contribution < -0.4 is 5.32 Å². The number of nitrogens with one attached hydrogen (secondary N) is 1. The Labute approximate surface area is 133 Å². The lowest BCUT2D eigenvalue weighted by Gasteiger charge is -2.12. The van der Waals surface area contributed by atoms with Crippen molar-refractivity contribution in [3.8, 4) is 0 Å². The van der Waals surface area contributed by atoms with Gasteiger partial charge in [0.05, 0.1) is 10.2 Å². The summed E-state index contributed by atoms with van der Waals surface area (Å²) in [6, 6.07) is 13.3. The first-order chi connectivity index (χ1) is 10.6. The van der Waals surface area contributed by atoms with Crippen LogP contribution in [0.4, 0.5) is 9.52 Å². The first-order valence-electron chi connectivity index (χ1n) is 7.13. The molecular formula is C17H18FN3S. The molecule has 3 nitrogen and oxygen atoms in total. The SMILES string of the molecule is CN(C)Cc1cc(CNc2nc3ccccc3s2)ccc1F. The minimum absolute atomic E-state index is 0.155. The van der Waals surface area contributed by atoms with E-state index in [1.54, 1.807) is 11.3 Å². The van der Waals surface area contributed by atoms with Crippen LogP contribution >= 0.6 is 11.3 Å². The highest BCUT2D eigenvalue weighted by atomic mass is 32.1. The normalized spacial score (nSPS) is 11.3. The molecule has 0 fully saturated rings. The van der Waals surface area contributed by atoms with E-state index in [0.29, 0.717) is 18.7 Å². The number of fused-ring (bicyclic) bond motifs is 1. The van der Waals surface area contributed by atoms with Crippen molar-refractivity contribution in [2.45, 2.75) is 13.1 Å². The topological polar surface area (TPSA) is 28.2 Å². The first kappa shape index (κ1) is 14.9. The number of hydrogen-bond acceptors (Lipinski definition) is 4. The van der Waals surface area contributed by atoms with E-state index in [2.05, 4.69) is 16.4 Å². The molecule has 0 aliphatic carbocycles. The third-order valence-electron chi connectivity index (χ3n) is 3.33. The second-order valence-corrected chi connectivity index (χ2v) is 6.53. The molecule has 0 unspecified atom stereocenters. The molecule has 0 atom stereocenters. The van der Waals surface area contributed by atoms with Crippen molar-refractivity contribution in [3.63, 3.8) is 0 Å². The highest BCUT2D eigenvalue weighted by Gasteiger charge is 2.06. The fourth-order valence-electron chi connectivity index (χ4n) is 2.33. The number of benzene rings is 2. The molecule has 1 heterocycles. The molecule has 1 aromatic heterocycles. The summed E-state index contributed by atoms with van der Waals surface area (Å²) in [5.41, 5.74) is 2.77. The molecule has 0 saturated heterocycles. The Morgan fingerprint density at radius 2 is 2.00 bits per heavy atom. The highest BCUT2D eigenvalue weighted by Crippen LogP contribution is 2.25. The molecule has 3 aromatic rings. The van der Waals surface area contributed by atoms with Gasteiger partial charge in [-0.2, -0.15) is 0 Å². The van der Waals surface area contributed by atoms with Gasteiger partial charge in [0, 0.05) is 18.7 Å². The van der Waals surface area contributed by atoms with Crippen molar-refractivity contribution in [2.24, 2.45) is 0 Å². The van der Waals surface area contributed by atoms with E-state index in [1.165, 1.54) is 6.07 Å². The molecule has 22 heavy (non-hydrogen) atoms. The third kappa shape index (κ3) is 3.43. The van der Waals surface area contributed by atoms with Crippen LogP contribution in [0.2, 0.25) is 0 Å². The van der Waals surface area contributed by atoms with Crippen molar-refractivity contribution in [1.82, 2.24) is 9.88 Å². The lowest BCUT2D eigenvalue weighted by Crippen LogP contribution is -2.12. The summed E-state index contributed by atoms with van der Waals surface area (Å²) in [4.78, 5) is 6.50. The van der Waals surface area contributed by atoms with E-state index in [0.717, 1.165) is 20.9 Å².